The summed E-state index contributed by atoms with van der Waals surface area (Å²) in [6, 6.07) is 17.4. The lowest BCUT2D eigenvalue weighted by Crippen LogP contribution is -2.47. The lowest BCUT2D eigenvalue weighted by molar-refractivity contribution is -0.187. The third kappa shape index (κ3) is 6.51. The van der Waals surface area contributed by atoms with Crippen LogP contribution in [0.15, 0.2) is 54.7 Å². The van der Waals surface area contributed by atoms with Gasteiger partial charge in [0.1, 0.15) is 23.7 Å². The average Bonchev–Trinajstić information content (AvgIpc) is 2.98. The Morgan fingerprint density at radius 1 is 1.05 bits per heavy atom. The summed E-state index contributed by atoms with van der Waals surface area (Å²) in [6.45, 7) is 3.11. The molecule has 2 saturated heterocycles. The van der Waals surface area contributed by atoms with Crippen molar-refractivity contribution in [3.63, 3.8) is 0 Å². The van der Waals surface area contributed by atoms with E-state index < -0.39 is 18.2 Å². The predicted molar refractivity (Wildman–Crippen MR) is 141 cm³/mol. The summed E-state index contributed by atoms with van der Waals surface area (Å²) in [6.07, 6.45) is -2.54. The Labute approximate surface area is 230 Å². The molecular weight excluding hydrogens is 523 g/mol. The summed E-state index contributed by atoms with van der Waals surface area (Å²) in [5.41, 5.74) is 3.93. The number of ether oxygens (including phenoxy) is 2. The monoisotopic (exact) mass is 551 g/mol. The van der Waals surface area contributed by atoms with Crippen LogP contribution in [0.2, 0.25) is 0 Å². The summed E-state index contributed by atoms with van der Waals surface area (Å²) in [7, 11) is 0. The van der Waals surface area contributed by atoms with Gasteiger partial charge in [-0.2, -0.15) is 18.4 Å². The van der Waals surface area contributed by atoms with Crippen LogP contribution in [0, 0.1) is 11.3 Å². The van der Waals surface area contributed by atoms with Gasteiger partial charge in [-0.3, -0.25) is 4.79 Å². The second kappa shape index (κ2) is 11.9. The Hall–Kier alpha value is -4.17. The molecule has 0 unspecified atom stereocenters. The summed E-state index contributed by atoms with van der Waals surface area (Å²) < 4.78 is 49.5. The van der Waals surface area contributed by atoms with Crippen molar-refractivity contribution in [2.75, 3.05) is 44.3 Å². The van der Waals surface area contributed by atoms with Crippen LogP contribution in [0.5, 0.6) is 5.75 Å². The lowest BCUT2D eigenvalue weighted by atomic mass is 10.1. The molecule has 1 aromatic heterocycles. The highest BCUT2D eigenvalue weighted by Crippen LogP contribution is 2.29. The largest absolute Gasteiger partial charge is 0.489 e. The van der Waals surface area contributed by atoms with E-state index >= 15 is 0 Å². The van der Waals surface area contributed by atoms with Crippen molar-refractivity contribution in [2.24, 2.45) is 0 Å². The van der Waals surface area contributed by atoms with Crippen molar-refractivity contribution < 1.29 is 27.4 Å². The molecule has 8 nitrogen and oxygen atoms in total. The number of amides is 1. The van der Waals surface area contributed by atoms with Gasteiger partial charge in [0.15, 0.2) is 0 Å². The lowest BCUT2D eigenvalue weighted by Gasteiger charge is -2.32. The molecule has 3 aromatic rings. The maximum Gasteiger partial charge on any atom is 0.471 e. The number of alkyl halides is 3. The van der Waals surface area contributed by atoms with E-state index in [2.05, 4.69) is 40.2 Å². The van der Waals surface area contributed by atoms with E-state index in [-0.39, 0.29) is 25.9 Å². The van der Waals surface area contributed by atoms with Crippen molar-refractivity contribution >= 4 is 11.6 Å². The topological polar surface area (TPSA) is 91.6 Å². The maximum atomic E-state index is 12.7. The number of morpholine rings is 1. The first-order chi connectivity index (χ1) is 19.3. The molecule has 0 radical (unpaired) electrons. The van der Waals surface area contributed by atoms with Crippen molar-refractivity contribution in [3.8, 4) is 23.1 Å². The molecule has 1 amide bonds. The van der Waals surface area contributed by atoms with Gasteiger partial charge in [-0.15, -0.1) is 0 Å². The molecule has 40 heavy (non-hydrogen) atoms. The zero-order valence-corrected chi connectivity index (χ0v) is 21.7. The molecule has 3 heterocycles. The Balaban J connectivity index is 1.23. The van der Waals surface area contributed by atoms with E-state index in [0.29, 0.717) is 29.3 Å². The molecule has 0 atom stereocenters. The van der Waals surface area contributed by atoms with Crippen LogP contribution in [-0.4, -0.2) is 72.4 Å². The van der Waals surface area contributed by atoms with Crippen molar-refractivity contribution in [1.82, 2.24) is 14.9 Å². The number of likely N-dealkylation sites (tertiary alicyclic amines) is 1. The van der Waals surface area contributed by atoms with Gasteiger partial charge in [0.2, 0.25) is 0 Å². The third-order valence-electron chi connectivity index (χ3n) is 7.04. The predicted octanol–water partition coefficient (Wildman–Crippen LogP) is 4.37. The molecule has 2 aliphatic heterocycles. The first kappa shape index (κ1) is 27.4. The molecule has 11 heteroatoms. The molecule has 5 rings (SSSR count). The van der Waals surface area contributed by atoms with Gasteiger partial charge in [-0.1, -0.05) is 12.1 Å². The van der Waals surface area contributed by atoms with E-state index in [9.17, 15) is 23.2 Å². The molecule has 2 fully saturated rings. The van der Waals surface area contributed by atoms with Gasteiger partial charge in [-0.05, 0) is 42.0 Å². The summed E-state index contributed by atoms with van der Waals surface area (Å²) in [5.74, 6) is -0.834. The number of piperidine rings is 1. The number of aromatic nitrogens is 2. The number of carbonyl (C=O) groups excluding carboxylic acids is 1. The zero-order valence-electron chi connectivity index (χ0n) is 21.7. The summed E-state index contributed by atoms with van der Waals surface area (Å²) in [4.78, 5) is 23.7. The van der Waals surface area contributed by atoms with Gasteiger partial charge in [0.05, 0.1) is 24.5 Å². The van der Waals surface area contributed by atoms with Crippen LogP contribution >= 0.6 is 0 Å². The highest BCUT2D eigenvalue weighted by atomic mass is 19.4. The van der Waals surface area contributed by atoms with Crippen molar-refractivity contribution in [3.05, 3.63) is 71.7 Å². The SMILES string of the molecule is N#Cc1cc(-c2ccnc(Cc3ccc(N4CCOCC4)cc3)n2)ccc1OC1CCN(C(=O)C(F)(F)F)CC1. The first-order valence-corrected chi connectivity index (χ1v) is 13.1. The number of carbonyl (C=O) groups is 1. The normalized spacial score (nSPS) is 16.4. The fourth-order valence-corrected chi connectivity index (χ4v) is 4.89. The average molecular weight is 552 g/mol. The van der Waals surface area contributed by atoms with Crippen LogP contribution in [0.1, 0.15) is 29.8 Å². The molecule has 0 saturated carbocycles. The summed E-state index contributed by atoms with van der Waals surface area (Å²) >= 11 is 0. The van der Waals surface area contributed by atoms with E-state index in [0.717, 1.165) is 48.0 Å². The van der Waals surface area contributed by atoms with Gasteiger partial charge < -0.3 is 19.3 Å². The number of hydrogen-bond donors (Lipinski definition) is 0. The second-order valence-electron chi connectivity index (χ2n) is 9.73. The molecule has 2 aromatic carbocycles. The van der Waals surface area contributed by atoms with E-state index in [1.807, 2.05) is 0 Å². The number of benzene rings is 2. The molecule has 0 N–H and O–H groups in total. The Bertz CT molecular complexity index is 1380. The molecule has 208 valence electrons. The molecule has 0 bridgehead atoms. The van der Waals surface area contributed by atoms with Gasteiger partial charge in [-0.25, -0.2) is 9.97 Å². The minimum Gasteiger partial charge on any atom is -0.489 e. The summed E-state index contributed by atoms with van der Waals surface area (Å²) in [5, 5.41) is 9.74. The Morgan fingerprint density at radius 3 is 2.45 bits per heavy atom. The highest BCUT2D eigenvalue weighted by Gasteiger charge is 2.43. The molecule has 0 aliphatic carbocycles. The zero-order chi connectivity index (χ0) is 28.1. The molecule has 0 spiro atoms. The number of halogens is 3. The quantitative estimate of drug-likeness (QED) is 0.449. The molecular formula is C29H28F3N5O3. The van der Waals surface area contributed by atoms with Crippen LogP contribution in [-0.2, 0) is 16.0 Å². The number of nitriles is 1. The highest BCUT2D eigenvalue weighted by molar-refractivity contribution is 5.81. The Morgan fingerprint density at radius 2 is 1.77 bits per heavy atom. The van der Waals surface area contributed by atoms with Gasteiger partial charge in [0, 0.05) is 62.9 Å². The second-order valence-corrected chi connectivity index (χ2v) is 9.73. The molecule has 2 aliphatic rings. The van der Waals surface area contributed by atoms with E-state index in [1.165, 1.54) is 0 Å². The smallest absolute Gasteiger partial charge is 0.471 e. The van der Waals surface area contributed by atoms with E-state index in [4.69, 9.17) is 14.5 Å². The maximum absolute atomic E-state index is 12.7. The number of nitrogens with zero attached hydrogens (tertiary/aromatic N) is 5. The number of anilines is 1. The first-order valence-electron chi connectivity index (χ1n) is 13.1. The standard InChI is InChI=1S/C29H28F3N5O3/c30-29(31,32)28(38)37-11-8-24(9-12-37)40-26-6-3-21(18-22(26)19-33)25-7-10-34-27(35-25)17-20-1-4-23(5-2-20)36-13-15-39-16-14-36/h1-7,10,18,24H,8-9,11-17H2. The van der Waals surface area contributed by atoms with Crippen molar-refractivity contribution in [2.45, 2.75) is 31.5 Å². The minimum absolute atomic E-state index is 0.0529. The van der Waals surface area contributed by atoms with Gasteiger partial charge in [0.25, 0.3) is 0 Å². The number of hydrogen-bond acceptors (Lipinski definition) is 7. The van der Waals surface area contributed by atoms with Gasteiger partial charge >= 0.3 is 12.1 Å². The van der Waals surface area contributed by atoms with Crippen LogP contribution < -0.4 is 9.64 Å². The van der Waals surface area contributed by atoms with Crippen LogP contribution in [0.3, 0.4) is 0 Å². The van der Waals surface area contributed by atoms with Crippen LogP contribution in [0.4, 0.5) is 18.9 Å². The minimum atomic E-state index is -4.88. The third-order valence-corrected chi connectivity index (χ3v) is 7.04. The fraction of sp³-hybridized carbons (Fsp3) is 0.379. The van der Waals surface area contributed by atoms with Crippen LogP contribution in [0.25, 0.3) is 11.3 Å². The fourth-order valence-electron chi connectivity index (χ4n) is 4.89. The number of rotatable bonds is 6. The van der Waals surface area contributed by atoms with Crippen molar-refractivity contribution in [1.29, 1.82) is 5.26 Å². The van der Waals surface area contributed by atoms with E-state index in [1.54, 1.807) is 30.5 Å². The Kier molecular flexibility index (Phi) is 8.16.